The number of aryl methyl sites for hydroxylation is 1. The zero-order valence-corrected chi connectivity index (χ0v) is 23.8. The molecule has 35 heavy (non-hydrogen) atoms. The van der Waals surface area contributed by atoms with Crippen LogP contribution in [0.25, 0.3) is 0 Å². The molecule has 0 bridgehead atoms. The van der Waals surface area contributed by atoms with Gasteiger partial charge in [-0.25, -0.2) is 4.79 Å². The smallest absolute Gasteiger partial charge is 0.408 e. The fourth-order valence-corrected chi connectivity index (χ4v) is 3.77. The first-order valence-corrected chi connectivity index (χ1v) is 12.5. The Balaban J connectivity index is 3.68. The first kappa shape index (κ1) is 30.5. The lowest BCUT2D eigenvalue weighted by Gasteiger charge is -2.46. The number of carbonyl (C=O) groups excluding carboxylic acids is 3. The van der Waals surface area contributed by atoms with Crippen molar-refractivity contribution in [3.8, 4) is 0 Å². The second-order valence-corrected chi connectivity index (χ2v) is 12.2. The van der Waals surface area contributed by atoms with Crippen molar-refractivity contribution in [2.75, 3.05) is 0 Å². The van der Waals surface area contributed by atoms with E-state index >= 15 is 0 Å². The van der Waals surface area contributed by atoms with Crippen molar-refractivity contribution >= 4 is 17.9 Å². The van der Waals surface area contributed by atoms with Gasteiger partial charge in [0.15, 0.2) is 0 Å². The summed E-state index contributed by atoms with van der Waals surface area (Å²) in [6.45, 7) is 22.6. The van der Waals surface area contributed by atoms with Gasteiger partial charge in [-0.2, -0.15) is 0 Å². The van der Waals surface area contributed by atoms with E-state index in [0.29, 0.717) is 6.42 Å². The highest BCUT2D eigenvalue weighted by molar-refractivity contribution is 5.93. The van der Waals surface area contributed by atoms with Crippen molar-refractivity contribution in [2.24, 2.45) is 5.92 Å². The first-order valence-electron chi connectivity index (χ1n) is 12.5. The Hall–Kier alpha value is -2.57. The third kappa shape index (κ3) is 8.86. The van der Waals surface area contributed by atoms with Gasteiger partial charge in [0.1, 0.15) is 17.7 Å². The summed E-state index contributed by atoms with van der Waals surface area (Å²) in [6, 6.07) is 5.87. The highest BCUT2D eigenvalue weighted by atomic mass is 16.6. The molecule has 0 aromatic heterocycles. The van der Waals surface area contributed by atoms with E-state index in [1.807, 2.05) is 86.6 Å². The van der Waals surface area contributed by atoms with Crippen LogP contribution in [0.15, 0.2) is 24.3 Å². The molecule has 3 amide bonds. The average molecular weight is 490 g/mol. The molecule has 0 radical (unpaired) electrons. The number of alkyl carbamates (subject to hydrolysis) is 1. The Morgan fingerprint density at radius 3 is 1.94 bits per heavy atom. The largest absolute Gasteiger partial charge is 0.444 e. The molecule has 0 saturated carbocycles. The maximum atomic E-state index is 14.3. The first-order chi connectivity index (χ1) is 15.8. The number of carbonyl (C=O) groups is 3. The summed E-state index contributed by atoms with van der Waals surface area (Å²) in [5, 5.41) is 5.85. The van der Waals surface area contributed by atoms with Crippen LogP contribution in [0, 0.1) is 12.8 Å². The molecular formula is C28H47N3O4. The van der Waals surface area contributed by atoms with Crippen LogP contribution in [0.4, 0.5) is 4.79 Å². The Bertz CT molecular complexity index is 894. The van der Waals surface area contributed by atoms with Crippen molar-refractivity contribution in [1.29, 1.82) is 0 Å². The van der Waals surface area contributed by atoms with E-state index in [4.69, 9.17) is 4.74 Å². The van der Waals surface area contributed by atoms with E-state index in [-0.39, 0.29) is 17.7 Å². The molecule has 1 aromatic rings. The predicted octanol–water partition coefficient (Wildman–Crippen LogP) is 5.52. The van der Waals surface area contributed by atoms with E-state index in [1.54, 1.807) is 25.7 Å². The topological polar surface area (TPSA) is 87.7 Å². The molecule has 2 atom stereocenters. The molecule has 0 heterocycles. The summed E-state index contributed by atoms with van der Waals surface area (Å²) < 4.78 is 5.44. The van der Waals surface area contributed by atoms with Gasteiger partial charge in [-0.15, -0.1) is 0 Å². The zero-order chi connectivity index (χ0) is 27.4. The van der Waals surface area contributed by atoms with Gasteiger partial charge in [0.05, 0.1) is 0 Å². The molecule has 0 spiro atoms. The maximum absolute atomic E-state index is 14.3. The molecule has 0 aliphatic heterocycles. The highest BCUT2D eigenvalue weighted by Crippen LogP contribution is 2.34. The van der Waals surface area contributed by atoms with Crippen molar-refractivity contribution in [3.05, 3.63) is 35.4 Å². The van der Waals surface area contributed by atoms with Gasteiger partial charge in [0.25, 0.3) is 0 Å². The van der Waals surface area contributed by atoms with Crippen molar-refractivity contribution in [1.82, 2.24) is 15.5 Å². The Labute approximate surface area is 212 Å². The minimum atomic E-state index is -0.875. The van der Waals surface area contributed by atoms with Gasteiger partial charge in [-0.05, 0) is 85.8 Å². The minimum absolute atomic E-state index is 0.228. The van der Waals surface area contributed by atoms with Crippen LogP contribution in [-0.2, 0) is 14.3 Å². The molecule has 0 saturated heterocycles. The summed E-state index contributed by atoms with van der Waals surface area (Å²) >= 11 is 0. The van der Waals surface area contributed by atoms with E-state index in [2.05, 4.69) is 10.6 Å². The SMILES string of the molecule is CCC(C)(C)N(C(=O)C(NC(=O)OC(C)(C)C)C(C)C)C(C(=O)NC(C)(C)C)c1ccccc1C. The van der Waals surface area contributed by atoms with Crippen molar-refractivity contribution in [3.63, 3.8) is 0 Å². The number of hydrogen-bond donors (Lipinski definition) is 2. The molecule has 2 N–H and O–H groups in total. The van der Waals surface area contributed by atoms with Gasteiger partial charge < -0.3 is 20.3 Å². The fourth-order valence-electron chi connectivity index (χ4n) is 3.77. The Morgan fingerprint density at radius 1 is 0.971 bits per heavy atom. The minimum Gasteiger partial charge on any atom is -0.444 e. The van der Waals surface area contributed by atoms with Crippen LogP contribution in [0.1, 0.15) is 99.8 Å². The number of benzene rings is 1. The number of nitrogens with one attached hydrogen (secondary N) is 2. The average Bonchev–Trinajstić information content (AvgIpc) is 2.67. The summed E-state index contributed by atoms with van der Waals surface area (Å²) in [5.74, 6) is -0.815. The van der Waals surface area contributed by atoms with Gasteiger partial charge in [0.2, 0.25) is 11.8 Å². The molecule has 1 aromatic carbocycles. The van der Waals surface area contributed by atoms with Crippen LogP contribution in [0.5, 0.6) is 0 Å². The lowest BCUT2D eigenvalue weighted by atomic mass is 9.89. The van der Waals surface area contributed by atoms with E-state index in [1.165, 1.54) is 0 Å². The lowest BCUT2D eigenvalue weighted by molar-refractivity contribution is -0.150. The van der Waals surface area contributed by atoms with Gasteiger partial charge >= 0.3 is 6.09 Å². The molecule has 7 nitrogen and oxygen atoms in total. The standard InChI is InChI=1S/C28H47N3O4/c1-13-28(11,12)31(24(33)21(18(2)3)29-25(34)35-27(8,9)10)22(23(32)30-26(5,6)7)20-17-15-14-16-19(20)4/h14-18,21-22H,13H2,1-12H3,(H,29,34)(H,30,32). The number of hydrogen-bond acceptors (Lipinski definition) is 4. The monoisotopic (exact) mass is 489 g/mol. The second-order valence-electron chi connectivity index (χ2n) is 12.2. The second kappa shape index (κ2) is 11.4. The summed E-state index contributed by atoms with van der Waals surface area (Å²) in [7, 11) is 0. The van der Waals surface area contributed by atoms with Crippen LogP contribution >= 0.6 is 0 Å². The molecule has 7 heteroatoms. The molecular weight excluding hydrogens is 442 g/mol. The molecule has 1 rings (SSSR count). The molecule has 0 aliphatic rings. The Morgan fingerprint density at radius 2 is 1.51 bits per heavy atom. The molecule has 0 aliphatic carbocycles. The zero-order valence-electron chi connectivity index (χ0n) is 23.8. The maximum Gasteiger partial charge on any atom is 0.408 e. The number of ether oxygens (including phenoxy) is 1. The third-order valence-corrected chi connectivity index (χ3v) is 5.85. The van der Waals surface area contributed by atoms with E-state index < -0.39 is 34.9 Å². The Kier molecular flexibility index (Phi) is 9.96. The van der Waals surface area contributed by atoms with E-state index in [0.717, 1.165) is 11.1 Å². The molecule has 0 fully saturated rings. The van der Waals surface area contributed by atoms with Crippen LogP contribution in [0.2, 0.25) is 0 Å². The lowest BCUT2D eigenvalue weighted by Crippen LogP contribution is -2.61. The van der Waals surface area contributed by atoms with Gasteiger partial charge in [-0.3, -0.25) is 9.59 Å². The molecule has 2 unspecified atom stereocenters. The van der Waals surface area contributed by atoms with Crippen LogP contribution < -0.4 is 10.6 Å². The van der Waals surface area contributed by atoms with E-state index in [9.17, 15) is 14.4 Å². The number of amides is 3. The third-order valence-electron chi connectivity index (χ3n) is 5.85. The summed E-state index contributed by atoms with van der Waals surface area (Å²) in [5.41, 5.74) is -0.207. The predicted molar refractivity (Wildman–Crippen MR) is 141 cm³/mol. The normalized spacial score (nSPS) is 14.2. The highest BCUT2D eigenvalue weighted by Gasteiger charge is 2.44. The van der Waals surface area contributed by atoms with Crippen molar-refractivity contribution in [2.45, 2.75) is 118 Å². The summed E-state index contributed by atoms with van der Waals surface area (Å²) in [4.78, 5) is 42.4. The number of rotatable bonds is 8. The van der Waals surface area contributed by atoms with Gasteiger partial charge in [0, 0.05) is 11.1 Å². The molecule has 198 valence electrons. The quantitative estimate of drug-likeness (QED) is 0.503. The van der Waals surface area contributed by atoms with Crippen LogP contribution in [-0.4, -0.2) is 45.5 Å². The van der Waals surface area contributed by atoms with Crippen LogP contribution in [0.3, 0.4) is 0 Å². The number of nitrogens with zero attached hydrogens (tertiary/aromatic N) is 1. The fraction of sp³-hybridized carbons (Fsp3) is 0.679. The van der Waals surface area contributed by atoms with Crippen molar-refractivity contribution < 1.29 is 19.1 Å². The summed E-state index contributed by atoms with van der Waals surface area (Å²) in [6.07, 6.45) is -0.0494. The van der Waals surface area contributed by atoms with Gasteiger partial charge in [-0.1, -0.05) is 45.0 Å².